The van der Waals surface area contributed by atoms with Crippen molar-refractivity contribution in [1.29, 1.82) is 0 Å². The van der Waals surface area contributed by atoms with Gasteiger partial charge in [0.2, 0.25) is 0 Å². The molecule has 33 heavy (non-hydrogen) atoms. The van der Waals surface area contributed by atoms with Gasteiger partial charge in [-0.25, -0.2) is 13.2 Å². The molecule has 3 aromatic rings. The van der Waals surface area contributed by atoms with Gasteiger partial charge in [-0.1, -0.05) is 41.9 Å². The maximum Gasteiger partial charge on any atom is 0.338 e. The summed E-state index contributed by atoms with van der Waals surface area (Å²) < 4.78 is 33.1. The summed E-state index contributed by atoms with van der Waals surface area (Å²) >= 11 is 6.21. The number of carbonyl (C=O) groups is 2. The minimum atomic E-state index is -4.00. The number of nitrogens with zero attached hydrogens (tertiary/aromatic N) is 1. The van der Waals surface area contributed by atoms with Crippen molar-refractivity contribution in [2.75, 3.05) is 17.5 Å². The van der Waals surface area contributed by atoms with Gasteiger partial charge >= 0.3 is 5.97 Å². The van der Waals surface area contributed by atoms with E-state index in [0.717, 1.165) is 16.7 Å². The van der Waals surface area contributed by atoms with Gasteiger partial charge in [0.25, 0.3) is 10.0 Å². The van der Waals surface area contributed by atoms with Gasteiger partial charge in [0, 0.05) is 12.1 Å². The fourth-order valence-corrected chi connectivity index (χ4v) is 5.72. The van der Waals surface area contributed by atoms with Crippen molar-refractivity contribution in [1.82, 2.24) is 0 Å². The van der Waals surface area contributed by atoms with Gasteiger partial charge in [-0.3, -0.25) is 9.10 Å². The van der Waals surface area contributed by atoms with Crippen LogP contribution in [-0.2, 0) is 21.2 Å². The first-order chi connectivity index (χ1) is 15.7. The number of esters is 1. The number of benzene rings is 3. The van der Waals surface area contributed by atoms with Crippen LogP contribution in [0.5, 0.6) is 0 Å². The van der Waals surface area contributed by atoms with Crippen LogP contribution in [0.15, 0.2) is 65.6 Å². The highest BCUT2D eigenvalue weighted by Gasteiger charge is 2.32. The lowest BCUT2D eigenvalue weighted by atomic mass is 10.0. The molecule has 0 unspecified atom stereocenters. The Hall–Kier alpha value is -3.16. The Morgan fingerprint density at radius 3 is 2.45 bits per heavy atom. The highest BCUT2D eigenvalue weighted by molar-refractivity contribution is 7.93. The van der Waals surface area contributed by atoms with Crippen LogP contribution in [0.1, 0.15) is 37.4 Å². The zero-order chi connectivity index (χ0) is 23.8. The van der Waals surface area contributed by atoms with Gasteiger partial charge in [0.1, 0.15) is 4.90 Å². The minimum Gasteiger partial charge on any atom is -0.454 e. The Morgan fingerprint density at radius 2 is 1.70 bits per heavy atom. The number of halogens is 1. The number of fused-ring (bicyclic) bond motifs is 1. The molecule has 0 fully saturated rings. The number of para-hydroxylation sites is 1. The molecule has 8 heteroatoms. The number of Topliss-reactive ketones (excluding diaryl/α,β-unsaturated/α-hetero) is 1. The summed E-state index contributed by atoms with van der Waals surface area (Å²) in [5.41, 5.74) is 3.98. The molecule has 0 atom stereocenters. The highest BCUT2D eigenvalue weighted by atomic mass is 35.5. The number of hydrogen-bond acceptors (Lipinski definition) is 5. The molecule has 0 spiro atoms. The first-order valence-electron chi connectivity index (χ1n) is 10.4. The third kappa shape index (κ3) is 4.51. The van der Waals surface area contributed by atoms with Crippen LogP contribution in [0.2, 0.25) is 5.02 Å². The molecule has 0 N–H and O–H groups in total. The fraction of sp³-hybridized carbons (Fsp3) is 0.200. The molecule has 0 bridgehead atoms. The van der Waals surface area contributed by atoms with Crippen molar-refractivity contribution in [2.45, 2.75) is 25.2 Å². The predicted molar refractivity (Wildman–Crippen MR) is 127 cm³/mol. The average molecular weight is 484 g/mol. The average Bonchev–Trinajstić information content (AvgIpc) is 3.24. The SMILES string of the molecule is Cc1ccc(C(=O)COC(=O)c2ccc(Cl)c(S(=O)(=O)N3CCc4ccccc43)c2)cc1C. The van der Waals surface area contributed by atoms with Crippen molar-refractivity contribution in [3.63, 3.8) is 0 Å². The van der Waals surface area contributed by atoms with Crippen LogP contribution < -0.4 is 4.31 Å². The first-order valence-corrected chi connectivity index (χ1v) is 12.2. The number of aryl methyl sites for hydroxylation is 2. The van der Waals surface area contributed by atoms with Gasteiger partial charge in [-0.05, 0) is 67.3 Å². The molecular weight excluding hydrogens is 462 g/mol. The van der Waals surface area contributed by atoms with Crippen LogP contribution in [0.4, 0.5) is 5.69 Å². The molecule has 1 aliphatic heterocycles. The maximum absolute atomic E-state index is 13.3. The maximum atomic E-state index is 13.3. The molecule has 0 amide bonds. The molecule has 0 aromatic heterocycles. The molecule has 0 radical (unpaired) electrons. The van der Waals surface area contributed by atoms with E-state index in [1.807, 2.05) is 32.0 Å². The van der Waals surface area contributed by atoms with E-state index in [2.05, 4.69) is 0 Å². The third-order valence-corrected chi connectivity index (χ3v) is 8.04. The standard InChI is InChI=1S/C25H22ClNO5S/c1-16-7-8-19(13-17(16)2)23(28)15-32-25(29)20-9-10-21(26)24(14-20)33(30,31)27-12-11-18-5-3-4-6-22(18)27/h3-10,13-14H,11-12,15H2,1-2H3. The van der Waals surface area contributed by atoms with Crippen LogP contribution in [-0.4, -0.2) is 33.3 Å². The summed E-state index contributed by atoms with van der Waals surface area (Å²) in [4.78, 5) is 24.8. The lowest BCUT2D eigenvalue weighted by Crippen LogP contribution is -2.29. The van der Waals surface area contributed by atoms with Crippen molar-refractivity contribution in [2.24, 2.45) is 0 Å². The molecule has 170 valence electrons. The number of anilines is 1. The second-order valence-electron chi connectivity index (χ2n) is 7.90. The van der Waals surface area contributed by atoms with Crippen LogP contribution in [0, 0.1) is 13.8 Å². The van der Waals surface area contributed by atoms with E-state index >= 15 is 0 Å². The number of sulfonamides is 1. The monoisotopic (exact) mass is 483 g/mol. The Kier molecular flexibility index (Phi) is 6.28. The van der Waals surface area contributed by atoms with E-state index in [0.29, 0.717) is 17.7 Å². The number of ketones is 1. The number of hydrogen-bond donors (Lipinski definition) is 0. The highest BCUT2D eigenvalue weighted by Crippen LogP contribution is 2.35. The Labute approximate surface area is 197 Å². The molecule has 3 aromatic carbocycles. The van der Waals surface area contributed by atoms with Crippen LogP contribution >= 0.6 is 11.6 Å². The van der Waals surface area contributed by atoms with Crippen molar-refractivity contribution >= 4 is 39.1 Å². The minimum absolute atomic E-state index is 0.00153. The van der Waals surface area contributed by atoms with E-state index < -0.39 is 22.6 Å². The third-order valence-electron chi connectivity index (χ3n) is 5.74. The molecule has 1 heterocycles. The van der Waals surface area contributed by atoms with Gasteiger partial charge in [0.15, 0.2) is 12.4 Å². The van der Waals surface area contributed by atoms with Gasteiger partial charge < -0.3 is 4.74 Å². The Morgan fingerprint density at radius 1 is 0.970 bits per heavy atom. The normalized spacial score (nSPS) is 13.0. The number of carbonyl (C=O) groups excluding carboxylic acids is 2. The number of ether oxygens (including phenoxy) is 1. The van der Waals surface area contributed by atoms with Crippen molar-refractivity contribution in [3.05, 3.63) is 93.5 Å². The summed E-state index contributed by atoms with van der Waals surface area (Å²) in [6.07, 6.45) is 0.593. The second kappa shape index (κ2) is 9.00. The van der Waals surface area contributed by atoms with E-state index in [1.165, 1.54) is 22.5 Å². The molecule has 0 saturated heterocycles. The fourth-order valence-electron chi connectivity index (χ4n) is 3.72. The van der Waals surface area contributed by atoms with E-state index in [9.17, 15) is 18.0 Å². The van der Waals surface area contributed by atoms with Gasteiger partial charge in [0.05, 0.1) is 16.3 Å². The molecule has 0 saturated carbocycles. The summed E-state index contributed by atoms with van der Waals surface area (Å²) in [6, 6.07) is 16.4. The summed E-state index contributed by atoms with van der Waals surface area (Å²) in [5, 5.41) is 0.00198. The van der Waals surface area contributed by atoms with Crippen LogP contribution in [0.25, 0.3) is 0 Å². The van der Waals surface area contributed by atoms with Gasteiger partial charge in [-0.2, -0.15) is 0 Å². The lowest BCUT2D eigenvalue weighted by molar-refractivity contribution is 0.0474. The van der Waals surface area contributed by atoms with Crippen LogP contribution in [0.3, 0.4) is 0 Å². The summed E-state index contributed by atoms with van der Waals surface area (Å²) in [7, 11) is -4.00. The van der Waals surface area contributed by atoms with Gasteiger partial charge in [-0.15, -0.1) is 0 Å². The second-order valence-corrected chi connectivity index (χ2v) is 10.1. The van der Waals surface area contributed by atoms with E-state index in [1.54, 1.807) is 24.3 Å². The topological polar surface area (TPSA) is 80.8 Å². The largest absolute Gasteiger partial charge is 0.454 e. The first kappa shape index (κ1) is 23.0. The van der Waals surface area contributed by atoms with Crippen molar-refractivity contribution < 1.29 is 22.7 Å². The summed E-state index contributed by atoms with van der Waals surface area (Å²) in [5.74, 6) is -1.15. The molecule has 0 aliphatic carbocycles. The number of rotatable bonds is 6. The smallest absolute Gasteiger partial charge is 0.338 e. The summed E-state index contributed by atoms with van der Waals surface area (Å²) in [6.45, 7) is 3.67. The van der Waals surface area contributed by atoms with Crippen molar-refractivity contribution in [3.8, 4) is 0 Å². The zero-order valence-electron chi connectivity index (χ0n) is 18.2. The molecule has 4 rings (SSSR count). The Balaban J connectivity index is 1.54. The van der Waals surface area contributed by atoms with E-state index in [4.69, 9.17) is 16.3 Å². The zero-order valence-corrected chi connectivity index (χ0v) is 19.7. The predicted octanol–water partition coefficient (Wildman–Crippen LogP) is 4.75. The molecule has 1 aliphatic rings. The van der Waals surface area contributed by atoms with E-state index in [-0.39, 0.29) is 27.8 Å². The Bertz CT molecular complexity index is 1370. The molecule has 6 nitrogen and oxygen atoms in total. The lowest BCUT2D eigenvalue weighted by Gasteiger charge is -2.20. The molecular formula is C25H22ClNO5S. The quantitative estimate of drug-likeness (QED) is 0.373.